The summed E-state index contributed by atoms with van der Waals surface area (Å²) in [5.74, 6) is -17.0. The van der Waals surface area contributed by atoms with Crippen molar-refractivity contribution in [2.75, 3.05) is 98.4 Å². The second-order valence-electron chi connectivity index (χ2n) is 37.1. The van der Waals surface area contributed by atoms with Gasteiger partial charge in [-0.25, -0.2) is 4.98 Å². The number of likely N-dealkylation sites (tertiary alicyclic amines) is 2. The number of H-pyrrole nitrogens is 2. The zero-order chi connectivity index (χ0) is 107. The van der Waals surface area contributed by atoms with Gasteiger partial charge >= 0.3 is 23.9 Å². The van der Waals surface area contributed by atoms with E-state index in [4.69, 9.17) is 42.6 Å². The number of ether oxygens (including phenoxy) is 2. The number of carboxylic acids is 4. The highest BCUT2D eigenvalue weighted by Crippen LogP contribution is 2.28. The molecule has 28 N–H and O–H groups in total. The number of primary amides is 1. The molecule has 812 valence electrons. The van der Waals surface area contributed by atoms with Gasteiger partial charge in [-0.3, -0.25) is 107 Å². The molecule has 0 aliphatic carbocycles. The van der Waals surface area contributed by atoms with Crippen LogP contribution in [0.5, 0.6) is 0 Å². The molecular weight excluding hydrogens is 1900 g/mol. The molecule has 11 atom stereocenters. The molecule has 50 nitrogen and oxygen atoms in total. The van der Waals surface area contributed by atoms with E-state index in [1.54, 1.807) is 30.5 Å². The fraction of sp³-hybridized carbons (Fsp3) is 0.667. The number of amides is 14. The number of carboxylic acid groups (broad SMARTS) is 4. The number of fused-ring (bicyclic) bond motifs is 1. The molecule has 2 aromatic heterocycles. The summed E-state index contributed by atoms with van der Waals surface area (Å²) in [6.07, 6.45) is 16.9. The van der Waals surface area contributed by atoms with Crippen LogP contribution in [-0.4, -0.2) is 339 Å². The van der Waals surface area contributed by atoms with Gasteiger partial charge in [0, 0.05) is 126 Å². The van der Waals surface area contributed by atoms with Crippen LogP contribution in [0, 0.1) is 10.8 Å². The van der Waals surface area contributed by atoms with Crippen molar-refractivity contribution in [1.82, 2.24) is 104 Å². The summed E-state index contributed by atoms with van der Waals surface area (Å²) < 4.78 is 11.0. The van der Waals surface area contributed by atoms with Gasteiger partial charge in [-0.05, 0) is 134 Å². The van der Waals surface area contributed by atoms with Crippen LogP contribution in [0.4, 0.5) is 0 Å². The number of unbranched alkanes of at least 4 members (excludes halogenated alkanes) is 13. The van der Waals surface area contributed by atoms with Crippen molar-refractivity contribution in [1.29, 1.82) is 10.8 Å². The second kappa shape index (κ2) is 68.0. The number of nitrogens with two attached hydrogens (primary N) is 3. The van der Waals surface area contributed by atoms with E-state index in [1.165, 1.54) is 40.1 Å². The summed E-state index contributed by atoms with van der Waals surface area (Å²) in [6.45, 7) is -0.467. The van der Waals surface area contributed by atoms with Gasteiger partial charge in [0.25, 0.3) is 0 Å². The van der Waals surface area contributed by atoms with Crippen molar-refractivity contribution in [3.8, 4) is 0 Å². The van der Waals surface area contributed by atoms with Crippen LogP contribution in [0.3, 0.4) is 0 Å². The maximum absolute atomic E-state index is 15.6. The molecule has 3 saturated heterocycles. The number of guanidine groups is 2. The Morgan fingerprint density at radius 1 is 0.534 bits per heavy atom. The summed E-state index contributed by atoms with van der Waals surface area (Å²) in [4.78, 5) is 273. The van der Waals surface area contributed by atoms with Crippen LogP contribution in [0.2, 0.25) is 0 Å². The molecule has 50 heteroatoms. The molecule has 14 amide bonds. The Labute approximate surface area is 848 Å². The number of aliphatic carboxylic acids is 4. The maximum Gasteiger partial charge on any atom is 0.317 e. The Morgan fingerprint density at radius 3 is 1.79 bits per heavy atom. The Morgan fingerprint density at radius 2 is 1.14 bits per heavy atom. The average molecular weight is 2060 g/mol. The second-order valence-corrected chi connectivity index (χ2v) is 37.1. The Kier molecular flexibility index (Phi) is 56.4. The van der Waals surface area contributed by atoms with Gasteiger partial charge in [-0.2, -0.15) is 0 Å². The van der Waals surface area contributed by atoms with Crippen LogP contribution in [-0.2, 0) is 113 Å². The van der Waals surface area contributed by atoms with Crippen LogP contribution in [0.15, 0.2) is 43.0 Å². The van der Waals surface area contributed by atoms with Crippen molar-refractivity contribution >= 4 is 135 Å². The highest BCUT2D eigenvalue weighted by molar-refractivity contribution is 6.00. The lowest BCUT2D eigenvalue weighted by molar-refractivity contribution is -0.148. The van der Waals surface area contributed by atoms with Gasteiger partial charge in [0.15, 0.2) is 11.9 Å². The van der Waals surface area contributed by atoms with E-state index in [0.29, 0.717) is 48.0 Å². The first-order chi connectivity index (χ1) is 69.9. The standard InChI is InChI=1S/C96H153N25O25/c1-61(122)111-71-39-38-65(123)27-14-16-31-72(115-91(141)73(50-62-53-107-67-29-17-15-28-66(62)67)116-87(137)69(32-22-41-105-95(98)99)113-79(125)56-109-86(136)74(117-89(71)139)51-64-54-102-60-110-64)93(143)121-46-25-35-77(121)94(144)120-45-24-34-76(120)92(142)114-70(33-23-42-106-96(100)101)88(138)118-75(52-82(129)130)90(140)112-63(26-19-21-44-119(57-83(131)132)58-84(133)134)55-108-68(85(97)135)30-18-20-40-103-80(126)59-146-49-48-145-47-43-104-78(124)36-12-10-8-6-4-2-3-5-7-9-11-13-37-81(127)128/h15,17,28-29,53-54,60,63,68-77,107-108H,2-14,16,18-27,30-52,55-59H2,1H3,(H2,97,135)(H,102,110)(H,103,126)(H,104,124)(H,109,136)(H,111,122)(H,112,140)(H,113,125)(H,114,142)(H,115,141)(H,116,137)(H,117,139)(H,118,138)(H,127,128)(H,129,130)(H,131,132)(H,133,134)(H4,98,99,105)(H4,100,101,106)/t63-,68-,69-,70-,71-,72-,73-,74-,75-,76-,77-/m0/s1. The molecule has 146 heavy (non-hydrogen) atoms. The van der Waals surface area contributed by atoms with Gasteiger partial charge in [0.05, 0.1) is 58.2 Å². The molecule has 3 fully saturated rings. The van der Waals surface area contributed by atoms with Crippen molar-refractivity contribution in [3.05, 3.63) is 54.2 Å². The SMILES string of the molecule is CC(=O)N[C@H]1CCC(=O)CCCC[C@@H](C(=O)N2CCC[C@H]2C(=O)N2CCC[C@H]2C(=O)N[C@@H](CCCNC(=N)N)C(=O)N[C@@H](CC(=O)O)C(=O)N[C@@H](CCCCN(CC(=O)O)CC(=O)O)CN[C@@H](CCCCNC(=O)COCCOCCNC(=O)CCCCCCCCCCCCCCC(=O)O)C(N)=O)NC(=O)[C@H](Cc2c[nH]c3ccccc23)NC(=O)[C@H](CCCNC(=N)N)NC(=O)CNC(=O)[C@H](Cc2cnc[nH]2)NC1=O. The lowest BCUT2D eigenvalue weighted by atomic mass is 10.00. The highest BCUT2D eigenvalue weighted by Gasteiger charge is 2.46. The van der Waals surface area contributed by atoms with Crippen molar-refractivity contribution in [3.63, 3.8) is 0 Å². The van der Waals surface area contributed by atoms with E-state index in [2.05, 4.69) is 89.4 Å². The number of hydrogen-bond donors (Lipinski definition) is 25. The molecule has 3 aliphatic rings. The Balaban J connectivity index is 1.13. The number of imidazole rings is 1. The monoisotopic (exact) mass is 2060 g/mol. The van der Waals surface area contributed by atoms with E-state index < -0.39 is 205 Å². The number of rotatable bonds is 64. The highest BCUT2D eigenvalue weighted by atomic mass is 16.5. The lowest BCUT2D eigenvalue weighted by Crippen LogP contribution is -2.60. The number of aromatic amines is 2. The van der Waals surface area contributed by atoms with E-state index in [-0.39, 0.29) is 219 Å². The lowest BCUT2D eigenvalue weighted by Gasteiger charge is -2.34. The molecule has 0 unspecified atom stereocenters. The van der Waals surface area contributed by atoms with Crippen molar-refractivity contribution in [2.24, 2.45) is 17.2 Å². The summed E-state index contributed by atoms with van der Waals surface area (Å²) in [6, 6.07) is -8.28. The van der Waals surface area contributed by atoms with E-state index in [1.807, 2.05) is 0 Å². The smallest absolute Gasteiger partial charge is 0.317 e. The number of nitrogens with one attached hydrogen (secondary N) is 18. The Bertz CT molecular complexity index is 4740. The zero-order valence-corrected chi connectivity index (χ0v) is 83.5. The maximum atomic E-state index is 15.6. The molecule has 3 aromatic rings. The van der Waals surface area contributed by atoms with E-state index in [9.17, 15) is 92.0 Å². The van der Waals surface area contributed by atoms with Crippen molar-refractivity contribution in [2.45, 2.75) is 311 Å². The molecule has 1 aromatic carbocycles. The quantitative estimate of drug-likeness (QED) is 0.0177. The number of para-hydroxylation sites is 1. The topological polar surface area (TPSA) is 772 Å². The third-order valence-corrected chi connectivity index (χ3v) is 25.2. The summed E-state index contributed by atoms with van der Waals surface area (Å²) in [5.41, 5.74) is 18.6. The number of Topliss-reactive ketones (excluding diaryl/α,β-unsaturated/α-hetero) is 1. The number of benzene rings is 1. The minimum Gasteiger partial charge on any atom is -0.481 e. The third-order valence-electron chi connectivity index (χ3n) is 25.2. The molecule has 0 saturated carbocycles. The average Bonchev–Trinajstić information content (AvgIpc) is 1.64. The predicted molar refractivity (Wildman–Crippen MR) is 531 cm³/mol. The van der Waals surface area contributed by atoms with Crippen molar-refractivity contribution < 1.29 is 121 Å². The summed E-state index contributed by atoms with van der Waals surface area (Å²) in [5, 5.41) is 91.9. The van der Waals surface area contributed by atoms with Crippen LogP contribution in [0.25, 0.3) is 10.9 Å². The molecule has 0 bridgehead atoms. The predicted octanol–water partition coefficient (Wildman–Crippen LogP) is -1.34. The Hall–Kier alpha value is -13.5. The van der Waals surface area contributed by atoms with Gasteiger partial charge < -0.3 is 141 Å². The first kappa shape index (κ1) is 121. The molecule has 0 spiro atoms. The van der Waals surface area contributed by atoms with E-state index >= 15 is 14.4 Å². The molecule has 3 aliphatic heterocycles. The minimum absolute atomic E-state index is 0.00617. The third kappa shape index (κ3) is 48.5. The minimum atomic E-state index is -1.89. The van der Waals surface area contributed by atoms with E-state index in [0.717, 1.165) is 71.1 Å². The fourth-order valence-corrected chi connectivity index (χ4v) is 17.6. The normalized spacial score (nSPS) is 18.7. The molecule has 6 rings (SSSR count). The number of carbonyl (C=O) groups is 19. The van der Waals surface area contributed by atoms with Crippen LogP contribution < -0.4 is 91.6 Å². The number of hydrogen-bond acceptors (Lipinski definition) is 26. The summed E-state index contributed by atoms with van der Waals surface area (Å²) in [7, 11) is 0. The molecule has 0 radical (unpaired) electrons. The number of ketones is 1. The van der Waals surface area contributed by atoms with Gasteiger partial charge in [-0.1, -0.05) is 95.2 Å². The first-order valence-corrected chi connectivity index (χ1v) is 50.7. The summed E-state index contributed by atoms with van der Waals surface area (Å²) >= 11 is 0. The zero-order valence-electron chi connectivity index (χ0n) is 83.5. The van der Waals surface area contributed by atoms with Gasteiger partial charge in [0.1, 0.15) is 66.8 Å². The number of nitrogens with zero attached hydrogens (tertiary/aromatic N) is 4. The number of aromatic nitrogens is 3. The number of carbonyl (C=O) groups excluding carboxylic acids is 15. The molecular formula is C96H153N25O25. The van der Waals surface area contributed by atoms with Gasteiger partial charge in [0.2, 0.25) is 82.7 Å². The fourth-order valence-electron chi connectivity index (χ4n) is 17.6. The van der Waals surface area contributed by atoms with Gasteiger partial charge in [-0.15, -0.1) is 0 Å². The first-order valence-electron chi connectivity index (χ1n) is 50.7. The molecule has 5 heterocycles. The largest absolute Gasteiger partial charge is 0.481 e. The van der Waals surface area contributed by atoms with Crippen LogP contribution >= 0.6 is 0 Å². The van der Waals surface area contributed by atoms with Crippen LogP contribution in [0.1, 0.15) is 243 Å².